The molecule has 0 nitrogen and oxygen atoms in total. The summed E-state index contributed by atoms with van der Waals surface area (Å²) in [4.78, 5) is 0. The van der Waals surface area contributed by atoms with E-state index in [1.54, 1.807) is 0 Å². The first kappa shape index (κ1) is 7.59. The van der Waals surface area contributed by atoms with Crippen molar-refractivity contribution in [3.05, 3.63) is 25.3 Å². The van der Waals surface area contributed by atoms with Crippen molar-refractivity contribution in [3.63, 3.8) is 0 Å². The van der Waals surface area contributed by atoms with Gasteiger partial charge in [-0.1, -0.05) is 19.1 Å². The van der Waals surface area contributed by atoms with Crippen molar-refractivity contribution < 1.29 is 0 Å². The van der Waals surface area contributed by atoms with Crippen LogP contribution in [0.3, 0.4) is 0 Å². The van der Waals surface area contributed by atoms with E-state index in [4.69, 9.17) is 0 Å². The van der Waals surface area contributed by atoms with E-state index in [-0.39, 0.29) is 5.41 Å². The quantitative estimate of drug-likeness (QED) is 0.511. The van der Waals surface area contributed by atoms with Gasteiger partial charge in [-0.05, 0) is 25.2 Å². The maximum atomic E-state index is 3.85. The third-order valence-corrected chi connectivity index (χ3v) is 2.64. The number of rotatable bonds is 2. The van der Waals surface area contributed by atoms with Crippen molar-refractivity contribution in [2.24, 2.45) is 11.3 Å². The second-order valence-corrected chi connectivity index (χ2v) is 3.49. The first-order valence-corrected chi connectivity index (χ1v) is 3.99. The molecule has 1 fully saturated rings. The first-order valence-electron chi connectivity index (χ1n) is 3.99. The predicted molar refractivity (Wildman–Crippen MR) is 45.8 cm³/mol. The van der Waals surface area contributed by atoms with Gasteiger partial charge in [0.05, 0.1) is 0 Å². The Balaban J connectivity index is 2.68. The zero-order valence-corrected chi connectivity index (χ0v) is 6.77. The molecule has 1 aliphatic carbocycles. The second-order valence-electron chi connectivity index (χ2n) is 3.49. The van der Waals surface area contributed by atoms with Crippen LogP contribution in [0.1, 0.15) is 26.2 Å². The second kappa shape index (κ2) is 2.61. The van der Waals surface area contributed by atoms with E-state index < -0.39 is 0 Å². The minimum atomic E-state index is 0.277. The molecule has 0 heteroatoms. The Morgan fingerprint density at radius 2 is 2.00 bits per heavy atom. The average molecular weight is 136 g/mol. The Morgan fingerprint density at radius 3 is 2.20 bits per heavy atom. The van der Waals surface area contributed by atoms with Gasteiger partial charge in [-0.15, -0.1) is 13.2 Å². The summed E-state index contributed by atoms with van der Waals surface area (Å²) in [6.45, 7) is 10.00. The fraction of sp³-hybridized carbons (Fsp3) is 0.600. The molecule has 56 valence electrons. The van der Waals surface area contributed by atoms with Crippen LogP contribution in [0.4, 0.5) is 0 Å². The summed E-state index contributed by atoms with van der Waals surface area (Å²) < 4.78 is 0. The lowest BCUT2D eigenvalue weighted by Crippen LogP contribution is -2.07. The normalized spacial score (nSPS) is 29.9. The van der Waals surface area contributed by atoms with E-state index in [1.165, 1.54) is 19.3 Å². The highest BCUT2D eigenvalue weighted by Gasteiger charge is 2.31. The van der Waals surface area contributed by atoms with Gasteiger partial charge in [0.1, 0.15) is 0 Å². The minimum Gasteiger partial charge on any atom is -0.102 e. The van der Waals surface area contributed by atoms with Crippen LogP contribution in [0.25, 0.3) is 0 Å². The molecule has 0 N–H and O–H groups in total. The van der Waals surface area contributed by atoms with Crippen LogP contribution < -0.4 is 0 Å². The van der Waals surface area contributed by atoms with Crippen molar-refractivity contribution >= 4 is 0 Å². The third-order valence-electron chi connectivity index (χ3n) is 2.64. The van der Waals surface area contributed by atoms with Gasteiger partial charge >= 0.3 is 0 Å². The Bertz CT molecular complexity index is 136. The maximum absolute atomic E-state index is 3.85. The van der Waals surface area contributed by atoms with E-state index in [1.807, 2.05) is 0 Å². The summed E-state index contributed by atoms with van der Waals surface area (Å²) in [6.07, 6.45) is 7.95. The van der Waals surface area contributed by atoms with Gasteiger partial charge < -0.3 is 0 Å². The fourth-order valence-corrected chi connectivity index (χ4v) is 1.82. The zero-order chi connectivity index (χ0) is 7.61. The molecule has 0 aromatic rings. The van der Waals surface area contributed by atoms with Crippen molar-refractivity contribution in [2.45, 2.75) is 26.2 Å². The zero-order valence-electron chi connectivity index (χ0n) is 6.77. The van der Waals surface area contributed by atoms with E-state index >= 15 is 0 Å². The van der Waals surface area contributed by atoms with Gasteiger partial charge in [0, 0.05) is 5.41 Å². The Morgan fingerprint density at radius 1 is 1.40 bits per heavy atom. The van der Waals surface area contributed by atoms with Crippen LogP contribution in [0.5, 0.6) is 0 Å². The van der Waals surface area contributed by atoms with Gasteiger partial charge in [-0.3, -0.25) is 0 Å². The molecule has 0 bridgehead atoms. The standard InChI is InChI=1S/C10H16/c1-4-10(5-2)7-6-9(3)8-10/h4-5,9H,1-2,6-8H2,3H3. The molecule has 0 heterocycles. The highest BCUT2D eigenvalue weighted by molar-refractivity contribution is 5.09. The summed E-state index contributed by atoms with van der Waals surface area (Å²) in [5, 5.41) is 0. The number of hydrogen-bond donors (Lipinski definition) is 0. The molecule has 0 aliphatic heterocycles. The molecule has 0 spiro atoms. The molecule has 1 aliphatic rings. The largest absolute Gasteiger partial charge is 0.102 e. The molecule has 0 aromatic carbocycles. The molecular weight excluding hydrogens is 120 g/mol. The monoisotopic (exact) mass is 136 g/mol. The molecule has 0 saturated heterocycles. The van der Waals surface area contributed by atoms with Crippen LogP contribution >= 0.6 is 0 Å². The van der Waals surface area contributed by atoms with Gasteiger partial charge in [0.15, 0.2) is 0 Å². The van der Waals surface area contributed by atoms with Crippen LogP contribution in [-0.4, -0.2) is 0 Å². The summed E-state index contributed by atoms with van der Waals surface area (Å²) in [6, 6.07) is 0. The Labute approximate surface area is 63.6 Å². The molecule has 10 heavy (non-hydrogen) atoms. The molecule has 0 radical (unpaired) electrons. The van der Waals surface area contributed by atoms with Gasteiger partial charge in [-0.2, -0.15) is 0 Å². The lowest BCUT2D eigenvalue weighted by Gasteiger charge is -2.18. The minimum absolute atomic E-state index is 0.277. The maximum Gasteiger partial charge on any atom is 0.00583 e. The SMILES string of the molecule is C=CC1(C=C)CCC(C)C1. The summed E-state index contributed by atoms with van der Waals surface area (Å²) in [5.41, 5.74) is 0.277. The summed E-state index contributed by atoms with van der Waals surface area (Å²) in [7, 11) is 0. The van der Waals surface area contributed by atoms with E-state index in [0.717, 1.165) is 5.92 Å². The smallest absolute Gasteiger partial charge is 0.00583 e. The third kappa shape index (κ3) is 1.16. The van der Waals surface area contributed by atoms with Crippen LogP contribution in [0, 0.1) is 11.3 Å². The topological polar surface area (TPSA) is 0 Å². The Kier molecular flexibility index (Phi) is 1.98. The van der Waals surface area contributed by atoms with Crippen molar-refractivity contribution in [1.82, 2.24) is 0 Å². The molecular formula is C10H16. The van der Waals surface area contributed by atoms with Gasteiger partial charge in [-0.25, -0.2) is 0 Å². The summed E-state index contributed by atoms with van der Waals surface area (Å²) in [5.74, 6) is 0.857. The lowest BCUT2D eigenvalue weighted by atomic mass is 9.86. The molecule has 1 atom stereocenters. The number of hydrogen-bond acceptors (Lipinski definition) is 0. The van der Waals surface area contributed by atoms with E-state index in [0.29, 0.717) is 0 Å². The molecule has 1 unspecified atom stereocenters. The molecule has 1 rings (SSSR count). The van der Waals surface area contributed by atoms with Crippen LogP contribution in [0.2, 0.25) is 0 Å². The highest BCUT2D eigenvalue weighted by atomic mass is 14.4. The van der Waals surface area contributed by atoms with E-state index in [9.17, 15) is 0 Å². The van der Waals surface area contributed by atoms with Crippen LogP contribution in [0.15, 0.2) is 25.3 Å². The lowest BCUT2D eigenvalue weighted by molar-refractivity contribution is 0.486. The van der Waals surface area contributed by atoms with E-state index in [2.05, 4.69) is 32.2 Å². The van der Waals surface area contributed by atoms with Gasteiger partial charge in [0.2, 0.25) is 0 Å². The molecule has 1 saturated carbocycles. The fourth-order valence-electron chi connectivity index (χ4n) is 1.82. The van der Waals surface area contributed by atoms with Crippen LogP contribution in [-0.2, 0) is 0 Å². The number of allylic oxidation sites excluding steroid dienone is 2. The summed E-state index contributed by atoms with van der Waals surface area (Å²) >= 11 is 0. The molecule has 0 aromatic heterocycles. The predicted octanol–water partition coefficient (Wildman–Crippen LogP) is 3.16. The highest BCUT2D eigenvalue weighted by Crippen LogP contribution is 2.43. The average Bonchev–Trinajstić information content (AvgIpc) is 2.33. The van der Waals surface area contributed by atoms with Crippen molar-refractivity contribution in [2.75, 3.05) is 0 Å². The van der Waals surface area contributed by atoms with Gasteiger partial charge in [0.25, 0.3) is 0 Å². The van der Waals surface area contributed by atoms with Crippen molar-refractivity contribution in [1.29, 1.82) is 0 Å². The first-order chi connectivity index (χ1) is 4.72. The molecule has 0 amide bonds. The van der Waals surface area contributed by atoms with Crippen molar-refractivity contribution in [3.8, 4) is 0 Å². The Hall–Kier alpha value is -0.520.